The molecule has 13 heteroatoms. The van der Waals surface area contributed by atoms with Gasteiger partial charge in [0.2, 0.25) is 17.7 Å². The Morgan fingerprint density at radius 2 is 2.09 bits per heavy atom. The molecule has 1 aromatic carbocycles. The number of imidazole rings is 1. The zero-order valence-electron chi connectivity index (χ0n) is 19.2. The normalized spacial score (nSPS) is 19.9. The Bertz CT molecular complexity index is 1210. The molecule has 0 bridgehead atoms. The number of hydrogen-bond acceptors (Lipinski definition) is 10. The molecule has 1 saturated heterocycles. The Kier molecular flexibility index (Phi) is 7.19. The highest BCUT2D eigenvalue weighted by molar-refractivity contribution is 5.91. The van der Waals surface area contributed by atoms with Crippen molar-refractivity contribution in [2.75, 3.05) is 18.5 Å². The van der Waals surface area contributed by atoms with Gasteiger partial charge in [-0.25, -0.2) is 4.98 Å². The number of non-ortho nitro benzene ring substituents is 1. The molecule has 186 valence electrons. The number of ether oxygens (including phenoxy) is 2. The van der Waals surface area contributed by atoms with Crippen molar-refractivity contribution in [1.82, 2.24) is 19.5 Å². The van der Waals surface area contributed by atoms with Crippen molar-refractivity contribution < 1.29 is 29.4 Å². The fourth-order valence-corrected chi connectivity index (χ4v) is 3.61. The lowest BCUT2D eigenvalue weighted by atomic mass is 10.1. The second-order valence-electron chi connectivity index (χ2n) is 8.46. The minimum Gasteiger partial charge on any atom is -0.476 e. The first-order chi connectivity index (χ1) is 16.8. The number of nitrogens with zero attached hydrogens (tertiary/aromatic N) is 5. The van der Waals surface area contributed by atoms with Crippen LogP contribution in [0.1, 0.15) is 32.1 Å². The van der Waals surface area contributed by atoms with Gasteiger partial charge in [-0.2, -0.15) is 9.97 Å². The van der Waals surface area contributed by atoms with Gasteiger partial charge in [0, 0.05) is 30.9 Å². The lowest BCUT2D eigenvalue weighted by molar-refractivity contribution is -0.384. The fraction of sp³-hybridized carbons (Fsp3) is 0.455. The molecule has 3 aromatic rings. The molecule has 0 saturated carbocycles. The van der Waals surface area contributed by atoms with E-state index in [-0.39, 0.29) is 49.0 Å². The van der Waals surface area contributed by atoms with Crippen molar-refractivity contribution in [1.29, 1.82) is 0 Å². The first kappa shape index (κ1) is 24.4. The standard InChI is InChI=1S/C22H26N6O7/c1-12(2)20(31)25-22-24-19-18(23-11-27(19)17-9-15(30)16(10-29)35-17)21(26-22)34-8-7-13-3-5-14(6-4-13)28(32)33/h3-6,11-12,15-17,29-30H,7-10H2,1-2H3,(H,24,25,26,31)/t15-,16-,17+/m0/s1. The van der Waals surface area contributed by atoms with E-state index in [1.807, 2.05) is 0 Å². The van der Waals surface area contributed by atoms with E-state index in [1.165, 1.54) is 18.5 Å². The van der Waals surface area contributed by atoms with Crippen LogP contribution in [0.25, 0.3) is 11.2 Å². The molecule has 35 heavy (non-hydrogen) atoms. The maximum Gasteiger partial charge on any atom is 0.269 e. The number of aliphatic hydroxyl groups excluding tert-OH is 2. The SMILES string of the molecule is CC(C)C(=O)Nc1nc(OCCc2ccc([N+](=O)[O-])cc2)c2ncn([C@H]3C[C@H](O)[C@H](CO)O3)c2n1. The van der Waals surface area contributed by atoms with Crippen molar-refractivity contribution in [3.8, 4) is 5.88 Å². The van der Waals surface area contributed by atoms with Crippen LogP contribution < -0.4 is 10.1 Å². The number of aliphatic hydroxyl groups is 2. The zero-order chi connectivity index (χ0) is 25.1. The number of benzene rings is 1. The van der Waals surface area contributed by atoms with Gasteiger partial charge in [0.1, 0.15) is 12.3 Å². The summed E-state index contributed by atoms with van der Waals surface area (Å²) in [4.78, 5) is 35.7. The van der Waals surface area contributed by atoms with Gasteiger partial charge in [-0.05, 0) is 5.56 Å². The van der Waals surface area contributed by atoms with Crippen molar-refractivity contribution >= 4 is 28.7 Å². The van der Waals surface area contributed by atoms with Gasteiger partial charge in [-0.1, -0.05) is 26.0 Å². The largest absolute Gasteiger partial charge is 0.476 e. The number of amides is 1. The summed E-state index contributed by atoms with van der Waals surface area (Å²) in [5.41, 5.74) is 1.51. The molecule has 0 unspecified atom stereocenters. The van der Waals surface area contributed by atoms with E-state index < -0.39 is 23.4 Å². The van der Waals surface area contributed by atoms with Crippen LogP contribution in [-0.4, -0.2) is 66.0 Å². The summed E-state index contributed by atoms with van der Waals surface area (Å²) in [6.45, 7) is 3.34. The van der Waals surface area contributed by atoms with Crippen LogP contribution >= 0.6 is 0 Å². The predicted octanol–water partition coefficient (Wildman–Crippen LogP) is 1.59. The number of rotatable bonds is 9. The number of hydrogen-bond donors (Lipinski definition) is 3. The molecular formula is C22H26N6O7. The van der Waals surface area contributed by atoms with Crippen LogP contribution in [0.15, 0.2) is 30.6 Å². The third kappa shape index (κ3) is 5.37. The Balaban J connectivity index is 1.59. The molecule has 1 aliphatic heterocycles. The van der Waals surface area contributed by atoms with E-state index in [9.17, 15) is 25.1 Å². The lowest BCUT2D eigenvalue weighted by Gasteiger charge is -2.15. The molecule has 0 radical (unpaired) electrons. The number of nitro groups is 1. The van der Waals surface area contributed by atoms with Crippen LogP contribution in [0.3, 0.4) is 0 Å². The maximum atomic E-state index is 12.3. The highest BCUT2D eigenvalue weighted by Crippen LogP contribution is 2.33. The van der Waals surface area contributed by atoms with Crippen molar-refractivity contribution in [2.24, 2.45) is 5.92 Å². The first-order valence-corrected chi connectivity index (χ1v) is 11.1. The van der Waals surface area contributed by atoms with Gasteiger partial charge < -0.3 is 19.7 Å². The summed E-state index contributed by atoms with van der Waals surface area (Å²) < 4.78 is 13.2. The fourth-order valence-electron chi connectivity index (χ4n) is 3.61. The van der Waals surface area contributed by atoms with Gasteiger partial charge in [-0.3, -0.25) is 24.8 Å². The smallest absolute Gasteiger partial charge is 0.269 e. The Hall–Kier alpha value is -3.68. The van der Waals surface area contributed by atoms with E-state index in [2.05, 4.69) is 20.3 Å². The van der Waals surface area contributed by atoms with Gasteiger partial charge >= 0.3 is 0 Å². The van der Waals surface area contributed by atoms with Gasteiger partial charge in [0.25, 0.3) is 5.69 Å². The van der Waals surface area contributed by atoms with E-state index in [4.69, 9.17) is 9.47 Å². The van der Waals surface area contributed by atoms with Gasteiger partial charge in [-0.15, -0.1) is 0 Å². The molecule has 0 spiro atoms. The van der Waals surface area contributed by atoms with E-state index in [1.54, 1.807) is 30.5 Å². The molecule has 1 fully saturated rings. The Morgan fingerprint density at radius 1 is 1.34 bits per heavy atom. The molecule has 13 nitrogen and oxygen atoms in total. The summed E-state index contributed by atoms with van der Waals surface area (Å²) in [6, 6.07) is 6.16. The second-order valence-corrected chi connectivity index (χ2v) is 8.46. The molecule has 0 aliphatic carbocycles. The third-order valence-electron chi connectivity index (χ3n) is 5.62. The number of nitro benzene ring substituents is 1. The predicted molar refractivity (Wildman–Crippen MR) is 123 cm³/mol. The quantitative estimate of drug-likeness (QED) is 0.297. The minimum atomic E-state index is -0.846. The van der Waals surface area contributed by atoms with Crippen LogP contribution in [0.2, 0.25) is 0 Å². The number of carbonyl (C=O) groups excluding carboxylic acids is 1. The highest BCUT2D eigenvalue weighted by Gasteiger charge is 2.35. The number of aromatic nitrogens is 4. The van der Waals surface area contributed by atoms with Crippen molar-refractivity contribution in [3.63, 3.8) is 0 Å². The minimum absolute atomic E-state index is 0.00550. The second kappa shape index (κ2) is 10.3. The van der Waals surface area contributed by atoms with Crippen LogP contribution in [-0.2, 0) is 16.0 Å². The summed E-state index contributed by atoms with van der Waals surface area (Å²) in [7, 11) is 0. The number of carbonyl (C=O) groups is 1. The van der Waals surface area contributed by atoms with Crippen LogP contribution in [0, 0.1) is 16.0 Å². The van der Waals surface area contributed by atoms with Crippen molar-refractivity contribution in [2.45, 2.75) is 45.1 Å². The molecular weight excluding hydrogens is 460 g/mol. The van der Waals surface area contributed by atoms with E-state index in [0.29, 0.717) is 17.6 Å². The van der Waals surface area contributed by atoms with Crippen LogP contribution in [0.4, 0.5) is 11.6 Å². The highest BCUT2D eigenvalue weighted by atomic mass is 16.6. The molecule has 3 atom stereocenters. The van der Waals surface area contributed by atoms with E-state index in [0.717, 1.165) is 5.56 Å². The summed E-state index contributed by atoms with van der Waals surface area (Å²) >= 11 is 0. The average Bonchev–Trinajstić information content (AvgIpc) is 3.42. The van der Waals surface area contributed by atoms with Crippen LogP contribution in [0.5, 0.6) is 5.88 Å². The molecule has 4 rings (SSSR count). The summed E-state index contributed by atoms with van der Waals surface area (Å²) in [5, 5.41) is 33.0. The Labute approximate surface area is 199 Å². The van der Waals surface area contributed by atoms with Crippen molar-refractivity contribution in [3.05, 3.63) is 46.3 Å². The zero-order valence-corrected chi connectivity index (χ0v) is 19.2. The first-order valence-electron chi connectivity index (χ1n) is 11.1. The number of nitrogens with one attached hydrogen (secondary N) is 1. The molecule has 3 heterocycles. The maximum absolute atomic E-state index is 12.3. The van der Waals surface area contributed by atoms with E-state index >= 15 is 0 Å². The molecule has 1 aliphatic rings. The third-order valence-corrected chi connectivity index (χ3v) is 5.62. The topological polar surface area (TPSA) is 175 Å². The number of anilines is 1. The number of fused-ring (bicyclic) bond motifs is 1. The monoisotopic (exact) mass is 486 g/mol. The van der Waals surface area contributed by atoms with Gasteiger partial charge in [0.15, 0.2) is 11.2 Å². The Morgan fingerprint density at radius 3 is 2.71 bits per heavy atom. The molecule has 1 amide bonds. The summed E-state index contributed by atoms with van der Waals surface area (Å²) in [6.07, 6.45) is -0.0332. The average molecular weight is 486 g/mol. The summed E-state index contributed by atoms with van der Waals surface area (Å²) in [5.74, 6) is -0.406. The lowest BCUT2D eigenvalue weighted by Crippen LogP contribution is -2.24. The molecule has 3 N–H and O–H groups in total. The van der Waals surface area contributed by atoms with Gasteiger partial charge in [0.05, 0.1) is 30.6 Å². The molecule has 2 aromatic heterocycles.